The first-order valence-corrected chi connectivity index (χ1v) is 9.94. The van der Waals surface area contributed by atoms with Crippen molar-refractivity contribution in [1.82, 2.24) is 4.90 Å². The fourth-order valence-corrected chi connectivity index (χ4v) is 7.65. The number of halogens is 1. The van der Waals surface area contributed by atoms with Gasteiger partial charge in [0.25, 0.3) is 0 Å². The second-order valence-corrected chi connectivity index (χ2v) is 9.18. The summed E-state index contributed by atoms with van der Waals surface area (Å²) >= 11 is 6.99. The summed E-state index contributed by atoms with van der Waals surface area (Å²) in [6, 6.07) is 4.75. The van der Waals surface area contributed by atoms with Gasteiger partial charge in [0.05, 0.1) is 17.9 Å². The molecule has 138 valence electrons. The molecule has 6 aliphatic rings. The van der Waals surface area contributed by atoms with E-state index in [4.69, 9.17) is 25.8 Å². The lowest BCUT2D eigenvalue weighted by Crippen LogP contribution is -2.79. The largest absolute Gasteiger partial charge is 0.493 e. The number of piperidine rings is 1. The molecule has 1 aromatic carbocycles. The van der Waals surface area contributed by atoms with Crippen molar-refractivity contribution in [2.45, 2.75) is 47.8 Å². The van der Waals surface area contributed by atoms with Crippen LogP contribution in [0.2, 0.25) is 0 Å². The third-order valence-corrected chi connectivity index (χ3v) is 8.69. The first-order chi connectivity index (χ1) is 12.5. The van der Waals surface area contributed by atoms with E-state index < -0.39 is 5.60 Å². The van der Waals surface area contributed by atoms with Crippen molar-refractivity contribution in [3.05, 3.63) is 35.4 Å². The van der Waals surface area contributed by atoms with E-state index >= 15 is 0 Å². The lowest BCUT2D eigenvalue weighted by Gasteiger charge is -2.70. The van der Waals surface area contributed by atoms with E-state index in [-0.39, 0.29) is 22.3 Å². The fraction of sp³-hybridized carbons (Fsp3) is 0.619. The molecule has 4 nitrogen and oxygen atoms in total. The second kappa shape index (κ2) is 4.60. The molecule has 7 rings (SSSR count). The van der Waals surface area contributed by atoms with Gasteiger partial charge in [-0.15, -0.1) is 11.6 Å². The molecule has 1 saturated carbocycles. The molecule has 0 unspecified atom stereocenters. The van der Waals surface area contributed by atoms with Gasteiger partial charge in [-0.05, 0) is 44.5 Å². The van der Waals surface area contributed by atoms with Crippen LogP contribution in [-0.4, -0.2) is 55.8 Å². The Kier molecular flexibility index (Phi) is 2.79. The summed E-state index contributed by atoms with van der Waals surface area (Å²) in [6.45, 7) is 1.07. The van der Waals surface area contributed by atoms with Crippen molar-refractivity contribution in [1.29, 1.82) is 0 Å². The zero-order valence-electron chi connectivity index (χ0n) is 15.4. The average Bonchev–Trinajstić information content (AvgIpc) is 3.01. The minimum atomic E-state index is -0.581. The highest BCUT2D eigenvalue weighted by Gasteiger charge is 2.78. The van der Waals surface area contributed by atoms with Gasteiger partial charge in [-0.25, -0.2) is 0 Å². The molecule has 2 aliphatic heterocycles. The van der Waals surface area contributed by atoms with Gasteiger partial charge in [0.2, 0.25) is 0 Å². The zero-order valence-corrected chi connectivity index (χ0v) is 16.2. The molecular formula is C21H24ClNO3. The molecule has 0 radical (unpaired) electrons. The van der Waals surface area contributed by atoms with E-state index in [1.165, 1.54) is 11.1 Å². The van der Waals surface area contributed by atoms with Crippen LogP contribution in [0.25, 0.3) is 0 Å². The van der Waals surface area contributed by atoms with E-state index in [1.807, 2.05) is 0 Å². The van der Waals surface area contributed by atoms with Crippen LogP contribution in [0.5, 0.6) is 11.5 Å². The van der Waals surface area contributed by atoms with Crippen molar-refractivity contribution >= 4 is 11.6 Å². The number of likely N-dealkylation sites (tertiary alicyclic amines) is 1. The van der Waals surface area contributed by atoms with Crippen molar-refractivity contribution in [3.63, 3.8) is 0 Å². The molecule has 1 aromatic rings. The van der Waals surface area contributed by atoms with Crippen LogP contribution in [0.4, 0.5) is 0 Å². The molecule has 2 spiro atoms. The monoisotopic (exact) mass is 373 g/mol. The third-order valence-electron chi connectivity index (χ3n) is 8.20. The number of hydrogen-bond acceptors (Lipinski definition) is 4. The van der Waals surface area contributed by atoms with E-state index in [0.29, 0.717) is 6.04 Å². The van der Waals surface area contributed by atoms with E-state index in [2.05, 4.69) is 36.2 Å². The van der Waals surface area contributed by atoms with Gasteiger partial charge in [0.1, 0.15) is 11.7 Å². The Morgan fingerprint density at radius 3 is 2.85 bits per heavy atom. The van der Waals surface area contributed by atoms with Gasteiger partial charge in [0, 0.05) is 24.1 Å². The standard InChI is InChI=1S/C21H24ClNO3/c1-23-9-8-20-16-12-4-5-13(24-2)17(16)26-18(20)21(25-3)7-6-19(20,11-14(21)22)15(23)10-12/h4-7,14-15,18H,8-11H2,1-3H3/t14-,15-,18-,19-,20+,21-/m1/s1. The predicted molar refractivity (Wildman–Crippen MR) is 99.4 cm³/mol. The topological polar surface area (TPSA) is 30.9 Å². The van der Waals surface area contributed by atoms with Crippen LogP contribution in [0, 0.1) is 5.41 Å². The SMILES string of the molecule is COc1ccc2c3c1O[C@H]1[C@@]4(OC)C=C[C@@]5(C[C@H]4Cl)[C@@H](C2)N(C)CC[C@]315. The van der Waals surface area contributed by atoms with E-state index in [1.54, 1.807) is 14.2 Å². The molecule has 1 saturated heterocycles. The maximum atomic E-state index is 6.99. The van der Waals surface area contributed by atoms with Crippen molar-refractivity contribution < 1.29 is 14.2 Å². The Labute approximate surface area is 159 Å². The Hall–Kier alpha value is -1.23. The maximum Gasteiger partial charge on any atom is 0.166 e. The fourth-order valence-electron chi connectivity index (χ4n) is 7.12. The molecule has 4 aliphatic carbocycles. The number of likely N-dealkylation sites (N-methyl/N-ethyl adjacent to an activating group) is 1. The molecule has 2 fully saturated rings. The van der Waals surface area contributed by atoms with Crippen LogP contribution < -0.4 is 9.47 Å². The highest BCUT2D eigenvalue weighted by Crippen LogP contribution is 2.74. The normalized spacial score (nSPS) is 46.8. The lowest BCUT2D eigenvalue weighted by molar-refractivity contribution is -0.183. The number of hydrogen-bond donors (Lipinski definition) is 0. The number of methoxy groups -OCH3 is 2. The lowest BCUT2D eigenvalue weighted by atomic mass is 9.39. The molecule has 2 heterocycles. The van der Waals surface area contributed by atoms with Gasteiger partial charge in [-0.2, -0.15) is 0 Å². The third kappa shape index (κ3) is 1.34. The van der Waals surface area contributed by atoms with Crippen LogP contribution in [0.1, 0.15) is 24.0 Å². The van der Waals surface area contributed by atoms with Gasteiger partial charge >= 0.3 is 0 Å². The van der Waals surface area contributed by atoms with Gasteiger partial charge < -0.3 is 19.1 Å². The van der Waals surface area contributed by atoms with Crippen LogP contribution in [-0.2, 0) is 16.6 Å². The molecule has 0 amide bonds. The van der Waals surface area contributed by atoms with E-state index in [9.17, 15) is 0 Å². The van der Waals surface area contributed by atoms with E-state index in [0.717, 1.165) is 37.3 Å². The highest BCUT2D eigenvalue weighted by atomic mass is 35.5. The summed E-state index contributed by atoms with van der Waals surface area (Å²) in [5, 5.41) is -0.0912. The Balaban J connectivity index is 1.73. The van der Waals surface area contributed by atoms with Gasteiger partial charge in [-0.1, -0.05) is 18.2 Å². The second-order valence-electron chi connectivity index (χ2n) is 8.65. The Morgan fingerprint density at radius 1 is 1.27 bits per heavy atom. The number of ether oxygens (including phenoxy) is 3. The molecule has 26 heavy (non-hydrogen) atoms. The molecule has 5 heteroatoms. The summed E-state index contributed by atoms with van der Waals surface area (Å²) in [5.41, 5.74) is 2.13. The number of alkyl halides is 1. The van der Waals surface area contributed by atoms with Crippen LogP contribution >= 0.6 is 11.6 Å². The van der Waals surface area contributed by atoms with Crippen molar-refractivity contribution in [3.8, 4) is 11.5 Å². The first-order valence-electron chi connectivity index (χ1n) is 9.51. The molecule has 4 bridgehead atoms. The maximum absolute atomic E-state index is 6.99. The quantitative estimate of drug-likeness (QED) is 0.589. The smallest absolute Gasteiger partial charge is 0.166 e. The van der Waals surface area contributed by atoms with Crippen molar-refractivity contribution in [2.24, 2.45) is 5.41 Å². The summed E-state index contributed by atoms with van der Waals surface area (Å²) in [5.74, 6) is 1.76. The van der Waals surface area contributed by atoms with Crippen molar-refractivity contribution in [2.75, 3.05) is 27.8 Å². The summed E-state index contributed by atoms with van der Waals surface area (Å²) in [6.07, 6.45) is 7.59. The number of benzene rings is 1. The summed E-state index contributed by atoms with van der Waals surface area (Å²) in [4.78, 5) is 2.53. The summed E-state index contributed by atoms with van der Waals surface area (Å²) in [7, 11) is 5.76. The number of rotatable bonds is 2. The molecular weight excluding hydrogens is 350 g/mol. The zero-order chi connectivity index (χ0) is 17.9. The minimum Gasteiger partial charge on any atom is -0.493 e. The van der Waals surface area contributed by atoms with Crippen LogP contribution in [0.15, 0.2) is 24.3 Å². The Morgan fingerprint density at radius 2 is 2.12 bits per heavy atom. The predicted octanol–water partition coefficient (Wildman–Crippen LogP) is 2.91. The summed E-state index contributed by atoms with van der Waals surface area (Å²) < 4.78 is 18.5. The molecule has 0 aromatic heterocycles. The average molecular weight is 374 g/mol. The van der Waals surface area contributed by atoms with Crippen LogP contribution in [0.3, 0.4) is 0 Å². The Bertz CT molecular complexity index is 856. The minimum absolute atomic E-state index is 0.00196. The highest BCUT2D eigenvalue weighted by molar-refractivity contribution is 6.22. The molecule has 0 N–H and O–H groups in total. The van der Waals surface area contributed by atoms with Gasteiger partial charge in [-0.3, -0.25) is 0 Å². The first kappa shape index (κ1) is 15.8. The number of nitrogens with zero attached hydrogens (tertiary/aromatic N) is 1. The van der Waals surface area contributed by atoms with Gasteiger partial charge in [0.15, 0.2) is 11.5 Å². The molecule has 6 atom stereocenters. The number of fused-ring (bicyclic) bond motifs is 1.